The predicted octanol–water partition coefficient (Wildman–Crippen LogP) is 0.937. The number of aromatic nitrogens is 2. The van der Waals surface area contributed by atoms with Crippen molar-refractivity contribution in [3.63, 3.8) is 0 Å². The lowest BCUT2D eigenvalue weighted by Gasteiger charge is -2.05. The van der Waals surface area contributed by atoms with E-state index in [1.807, 2.05) is 0 Å². The summed E-state index contributed by atoms with van der Waals surface area (Å²) >= 11 is 0. The fraction of sp³-hybridized carbons (Fsp3) is 0.0769. The van der Waals surface area contributed by atoms with Gasteiger partial charge >= 0.3 is 0 Å². The average Bonchev–Trinajstić information content (AvgIpc) is 2.39. The molecule has 0 atom stereocenters. The second kappa shape index (κ2) is 5.26. The molecule has 0 aliphatic rings. The Balaban J connectivity index is 2.13. The van der Waals surface area contributed by atoms with E-state index in [1.165, 1.54) is 12.4 Å². The molecule has 0 fully saturated rings. The summed E-state index contributed by atoms with van der Waals surface area (Å²) in [5.74, 6) is -1.17. The number of nitrogen functional groups attached to an aromatic ring is 1. The molecule has 0 aliphatic carbocycles. The lowest BCUT2D eigenvalue weighted by atomic mass is 10.1. The van der Waals surface area contributed by atoms with Crippen molar-refractivity contribution in [3.05, 3.63) is 53.6 Å². The highest BCUT2D eigenvalue weighted by molar-refractivity contribution is 6.11. The molecule has 0 aliphatic heterocycles. The summed E-state index contributed by atoms with van der Waals surface area (Å²) in [7, 11) is 0. The summed E-state index contributed by atoms with van der Waals surface area (Å²) in [6, 6.07) is 6.50. The van der Waals surface area contributed by atoms with Gasteiger partial charge < -0.3 is 5.73 Å². The first-order valence-electron chi connectivity index (χ1n) is 5.57. The van der Waals surface area contributed by atoms with Crippen LogP contribution in [0.5, 0.6) is 0 Å². The number of nitrogens with zero attached hydrogens (tertiary/aromatic N) is 2. The lowest BCUT2D eigenvalue weighted by molar-refractivity contribution is 0.0846. The molecule has 6 nitrogen and oxygen atoms in total. The van der Waals surface area contributed by atoms with Crippen LogP contribution in [0.3, 0.4) is 0 Å². The number of amides is 2. The quantitative estimate of drug-likeness (QED) is 0.615. The number of hydrogen-bond donors (Lipinski definition) is 2. The molecule has 1 heterocycles. The van der Waals surface area contributed by atoms with Gasteiger partial charge in [-0.1, -0.05) is 12.1 Å². The van der Waals surface area contributed by atoms with Crippen molar-refractivity contribution in [1.82, 2.24) is 15.3 Å². The average molecular weight is 256 g/mol. The molecule has 0 radical (unpaired) electrons. The summed E-state index contributed by atoms with van der Waals surface area (Å²) in [5, 5.41) is 2.21. The number of para-hydroxylation sites is 1. The van der Waals surface area contributed by atoms with Crippen molar-refractivity contribution in [3.8, 4) is 0 Å². The summed E-state index contributed by atoms with van der Waals surface area (Å²) in [6.45, 7) is 1.75. The largest absolute Gasteiger partial charge is 0.398 e. The third-order valence-electron chi connectivity index (χ3n) is 2.45. The van der Waals surface area contributed by atoms with Gasteiger partial charge in [0.1, 0.15) is 5.69 Å². The van der Waals surface area contributed by atoms with E-state index >= 15 is 0 Å². The van der Waals surface area contributed by atoms with Crippen LogP contribution in [0.25, 0.3) is 0 Å². The second-order valence-corrected chi connectivity index (χ2v) is 3.91. The van der Waals surface area contributed by atoms with Crippen LogP contribution < -0.4 is 11.1 Å². The number of benzene rings is 1. The molecule has 2 rings (SSSR count). The molecule has 2 aromatic rings. The van der Waals surface area contributed by atoms with E-state index in [0.717, 1.165) is 0 Å². The van der Waals surface area contributed by atoms with Gasteiger partial charge in [-0.25, -0.2) is 4.98 Å². The van der Waals surface area contributed by atoms with Crippen LogP contribution in [0.2, 0.25) is 0 Å². The third kappa shape index (κ3) is 2.92. The van der Waals surface area contributed by atoms with Gasteiger partial charge in [0.25, 0.3) is 11.8 Å². The molecular formula is C13H12N4O2. The van der Waals surface area contributed by atoms with E-state index in [4.69, 9.17) is 5.73 Å². The number of aryl methyl sites for hydroxylation is 1. The van der Waals surface area contributed by atoms with Crippen molar-refractivity contribution in [2.75, 3.05) is 5.73 Å². The zero-order valence-corrected chi connectivity index (χ0v) is 10.3. The summed E-state index contributed by atoms with van der Waals surface area (Å²) in [6.07, 6.45) is 2.77. The molecule has 0 spiro atoms. The maximum absolute atomic E-state index is 11.9. The van der Waals surface area contributed by atoms with E-state index in [2.05, 4.69) is 15.3 Å². The molecule has 1 aromatic carbocycles. The van der Waals surface area contributed by atoms with Crippen molar-refractivity contribution >= 4 is 17.5 Å². The fourth-order valence-electron chi connectivity index (χ4n) is 1.45. The van der Waals surface area contributed by atoms with E-state index in [9.17, 15) is 9.59 Å². The zero-order chi connectivity index (χ0) is 13.8. The van der Waals surface area contributed by atoms with E-state index in [1.54, 1.807) is 31.2 Å². The maximum Gasteiger partial charge on any atom is 0.278 e. The van der Waals surface area contributed by atoms with Gasteiger partial charge in [0.05, 0.1) is 17.5 Å². The van der Waals surface area contributed by atoms with Crippen LogP contribution in [0.4, 0.5) is 5.69 Å². The van der Waals surface area contributed by atoms with Gasteiger partial charge in [0.15, 0.2) is 0 Å². The second-order valence-electron chi connectivity index (χ2n) is 3.91. The minimum Gasteiger partial charge on any atom is -0.398 e. The number of rotatable bonds is 2. The number of carbonyl (C=O) groups excluding carboxylic acids is 2. The highest BCUT2D eigenvalue weighted by atomic mass is 16.2. The fourth-order valence-corrected chi connectivity index (χ4v) is 1.45. The Morgan fingerprint density at radius 1 is 1.11 bits per heavy atom. The molecule has 6 heteroatoms. The highest BCUT2D eigenvalue weighted by Gasteiger charge is 2.15. The van der Waals surface area contributed by atoms with Crippen molar-refractivity contribution in [1.29, 1.82) is 0 Å². The standard InChI is InChI=1S/C13H12N4O2/c1-8-6-16-11(7-15-8)13(19)17-12(18)9-4-2-3-5-10(9)14/h2-7H,14H2,1H3,(H,17,18,19). The SMILES string of the molecule is Cc1cnc(C(=O)NC(=O)c2ccccc2N)cn1. The lowest BCUT2D eigenvalue weighted by Crippen LogP contribution is -2.31. The number of nitrogens with two attached hydrogens (primary N) is 1. The van der Waals surface area contributed by atoms with E-state index < -0.39 is 11.8 Å². The smallest absolute Gasteiger partial charge is 0.278 e. The molecule has 3 N–H and O–H groups in total. The Bertz CT molecular complexity index is 623. The van der Waals surface area contributed by atoms with Crippen molar-refractivity contribution in [2.45, 2.75) is 6.92 Å². The van der Waals surface area contributed by atoms with Crippen molar-refractivity contribution < 1.29 is 9.59 Å². The highest BCUT2D eigenvalue weighted by Crippen LogP contribution is 2.10. The van der Waals surface area contributed by atoms with Crippen LogP contribution in [-0.4, -0.2) is 21.8 Å². The van der Waals surface area contributed by atoms with Crippen LogP contribution in [0, 0.1) is 6.92 Å². The van der Waals surface area contributed by atoms with Crippen LogP contribution in [0.1, 0.15) is 26.5 Å². The Labute approximate surface area is 109 Å². The molecule has 19 heavy (non-hydrogen) atoms. The van der Waals surface area contributed by atoms with Gasteiger partial charge in [-0.3, -0.25) is 19.9 Å². The predicted molar refractivity (Wildman–Crippen MR) is 69.4 cm³/mol. The topological polar surface area (TPSA) is 98.0 Å². The minimum atomic E-state index is -0.610. The van der Waals surface area contributed by atoms with Gasteiger partial charge in [-0.15, -0.1) is 0 Å². The Morgan fingerprint density at radius 2 is 1.84 bits per heavy atom. The van der Waals surface area contributed by atoms with Gasteiger partial charge in [-0.05, 0) is 19.1 Å². The number of imide groups is 1. The number of hydrogen-bond acceptors (Lipinski definition) is 5. The molecule has 2 amide bonds. The molecule has 0 unspecified atom stereocenters. The van der Waals surface area contributed by atoms with Crippen LogP contribution in [0.15, 0.2) is 36.7 Å². The Hall–Kier alpha value is -2.76. The molecule has 1 aromatic heterocycles. The molecule has 0 bridgehead atoms. The monoisotopic (exact) mass is 256 g/mol. The van der Waals surface area contributed by atoms with Gasteiger partial charge in [0, 0.05) is 11.9 Å². The minimum absolute atomic E-state index is 0.0773. The van der Waals surface area contributed by atoms with Crippen molar-refractivity contribution in [2.24, 2.45) is 0 Å². The zero-order valence-electron chi connectivity index (χ0n) is 10.3. The Kier molecular flexibility index (Phi) is 3.51. The number of anilines is 1. The van der Waals surface area contributed by atoms with Gasteiger partial charge in [0.2, 0.25) is 0 Å². The summed E-state index contributed by atoms with van der Waals surface area (Å²) in [5.41, 5.74) is 6.98. The molecule has 0 saturated heterocycles. The number of carbonyl (C=O) groups is 2. The first kappa shape index (κ1) is 12.7. The van der Waals surface area contributed by atoms with E-state index in [-0.39, 0.29) is 11.3 Å². The first-order chi connectivity index (χ1) is 9.08. The van der Waals surface area contributed by atoms with Gasteiger partial charge in [-0.2, -0.15) is 0 Å². The third-order valence-corrected chi connectivity index (χ3v) is 2.45. The maximum atomic E-state index is 11.9. The Morgan fingerprint density at radius 3 is 2.47 bits per heavy atom. The normalized spacial score (nSPS) is 9.95. The summed E-state index contributed by atoms with van der Waals surface area (Å²) < 4.78 is 0. The molecule has 0 saturated carbocycles. The van der Waals surface area contributed by atoms with Crippen LogP contribution in [-0.2, 0) is 0 Å². The molecule has 96 valence electrons. The summed E-state index contributed by atoms with van der Waals surface area (Å²) in [4.78, 5) is 31.5. The van der Waals surface area contributed by atoms with Crippen LogP contribution >= 0.6 is 0 Å². The van der Waals surface area contributed by atoms with E-state index in [0.29, 0.717) is 11.4 Å². The number of nitrogens with one attached hydrogen (secondary N) is 1. The molecular weight excluding hydrogens is 244 g/mol. The first-order valence-corrected chi connectivity index (χ1v) is 5.57.